The van der Waals surface area contributed by atoms with E-state index in [9.17, 15) is 0 Å². The van der Waals surface area contributed by atoms with E-state index in [2.05, 4.69) is 19.2 Å². The molecule has 0 heterocycles. The summed E-state index contributed by atoms with van der Waals surface area (Å²) in [7, 11) is 0. The Bertz CT molecular complexity index is 143. The Hall–Kier alpha value is -0.0800. The Morgan fingerprint density at radius 3 is 2.64 bits per heavy atom. The smallest absolute Gasteiger partial charge is 0.0215 e. The molecule has 0 aliphatic heterocycles. The second-order valence-electron chi connectivity index (χ2n) is 4.77. The highest BCUT2D eigenvalue weighted by Crippen LogP contribution is 2.33. The van der Waals surface area contributed by atoms with Crippen molar-refractivity contribution in [3.05, 3.63) is 0 Å². The molecule has 0 radical (unpaired) electrons. The third kappa shape index (κ3) is 4.43. The van der Waals surface area contributed by atoms with Gasteiger partial charge in [0, 0.05) is 12.6 Å². The highest BCUT2D eigenvalue weighted by molar-refractivity contribution is 4.76. The first-order valence-corrected chi connectivity index (χ1v) is 6.21. The van der Waals surface area contributed by atoms with Gasteiger partial charge in [0.15, 0.2) is 0 Å². The molecule has 1 aliphatic carbocycles. The van der Waals surface area contributed by atoms with E-state index >= 15 is 0 Å². The summed E-state index contributed by atoms with van der Waals surface area (Å²) < 4.78 is 0. The fraction of sp³-hybridized carbons (Fsp3) is 1.00. The van der Waals surface area contributed by atoms with Gasteiger partial charge in [-0.2, -0.15) is 0 Å². The second kappa shape index (κ2) is 6.41. The van der Waals surface area contributed by atoms with Gasteiger partial charge in [-0.15, -0.1) is 0 Å². The van der Waals surface area contributed by atoms with Crippen LogP contribution in [0.5, 0.6) is 0 Å². The van der Waals surface area contributed by atoms with Crippen LogP contribution in [0.1, 0.15) is 46.0 Å². The summed E-state index contributed by atoms with van der Waals surface area (Å²) in [6, 6.07) is 0.527. The topological polar surface area (TPSA) is 38.0 Å². The molecule has 0 amide bonds. The molecule has 2 unspecified atom stereocenters. The minimum absolute atomic E-state index is 0.527. The molecule has 2 heteroatoms. The van der Waals surface area contributed by atoms with Crippen LogP contribution >= 0.6 is 0 Å². The maximum absolute atomic E-state index is 5.74. The first-order valence-electron chi connectivity index (χ1n) is 6.21. The Labute approximate surface area is 88.6 Å². The van der Waals surface area contributed by atoms with Crippen molar-refractivity contribution >= 4 is 0 Å². The van der Waals surface area contributed by atoms with E-state index in [4.69, 9.17) is 5.73 Å². The summed E-state index contributed by atoms with van der Waals surface area (Å²) in [6.45, 7) is 6.45. The largest absolute Gasteiger partial charge is 0.329 e. The van der Waals surface area contributed by atoms with Crippen LogP contribution in [0.4, 0.5) is 0 Å². The van der Waals surface area contributed by atoms with Gasteiger partial charge < -0.3 is 11.1 Å². The van der Waals surface area contributed by atoms with E-state index in [1.54, 1.807) is 0 Å². The van der Waals surface area contributed by atoms with Crippen molar-refractivity contribution in [3.8, 4) is 0 Å². The molecule has 1 aliphatic rings. The molecule has 0 aromatic rings. The van der Waals surface area contributed by atoms with Gasteiger partial charge in [0.25, 0.3) is 0 Å². The van der Waals surface area contributed by atoms with Crippen LogP contribution in [0.3, 0.4) is 0 Å². The Morgan fingerprint density at radius 2 is 2.14 bits per heavy atom. The maximum atomic E-state index is 5.74. The van der Waals surface area contributed by atoms with Crippen LogP contribution in [0.25, 0.3) is 0 Å². The van der Waals surface area contributed by atoms with Crippen molar-refractivity contribution in [2.24, 2.45) is 17.6 Å². The zero-order valence-corrected chi connectivity index (χ0v) is 9.76. The third-order valence-corrected chi connectivity index (χ3v) is 3.48. The average Bonchev–Trinajstić information content (AvgIpc) is 3.01. The zero-order chi connectivity index (χ0) is 10.4. The predicted molar refractivity (Wildman–Crippen MR) is 62.3 cm³/mol. The SMILES string of the molecule is CCC(C)C(CN)NCCCC1CC1. The summed E-state index contributed by atoms with van der Waals surface area (Å²) in [5, 5.41) is 3.58. The van der Waals surface area contributed by atoms with Crippen molar-refractivity contribution in [2.75, 3.05) is 13.1 Å². The first-order chi connectivity index (χ1) is 6.77. The zero-order valence-electron chi connectivity index (χ0n) is 9.76. The predicted octanol–water partition coefficient (Wildman–Crippen LogP) is 2.14. The van der Waals surface area contributed by atoms with Gasteiger partial charge in [0.05, 0.1) is 0 Å². The number of rotatable bonds is 8. The van der Waals surface area contributed by atoms with Gasteiger partial charge in [-0.05, 0) is 31.2 Å². The molecular formula is C12H26N2. The lowest BCUT2D eigenvalue weighted by atomic mass is 9.99. The quantitative estimate of drug-likeness (QED) is 0.586. The van der Waals surface area contributed by atoms with E-state index in [0.29, 0.717) is 12.0 Å². The normalized spacial score (nSPS) is 20.8. The molecule has 0 bridgehead atoms. The Kier molecular flexibility index (Phi) is 5.49. The number of nitrogens with one attached hydrogen (secondary N) is 1. The molecule has 0 spiro atoms. The van der Waals surface area contributed by atoms with Crippen LogP contribution < -0.4 is 11.1 Å². The highest BCUT2D eigenvalue weighted by Gasteiger charge is 2.20. The van der Waals surface area contributed by atoms with Crippen LogP contribution in [0.2, 0.25) is 0 Å². The maximum Gasteiger partial charge on any atom is 0.0215 e. The van der Waals surface area contributed by atoms with Crippen molar-refractivity contribution in [1.29, 1.82) is 0 Å². The molecule has 0 aromatic heterocycles. The molecule has 1 saturated carbocycles. The minimum atomic E-state index is 0.527. The van der Waals surface area contributed by atoms with Gasteiger partial charge in [-0.3, -0.25) is 0 Å². The average molecular weight is 198 g/mol. The molecule has 1 fully saturated rings. The lowest BCUT2D eigenvalue weighted by molar-refractivity contribution is 0.368. The molecule has 2 atom stereocenters. The standard InChI is InChI=1S/C12H26N2/c1-3-10(2)12(9-13)14-8-4-5-11-6-7-11/h10-12,14H,3-9,13H2,1-2H3. The lowest BCUT2D eigenvalue weighted by Gasteiger charge is -2.22. The fourth-order valence-electron chi connectivity index (χ4n) is 1.89. The number of hydrogen-bond donors (Lipinski definition) is 2. The third-order valence-electron chi connectivity index (χ3n) is 3.48. The number of nitrogens with two attached hydrogens (primary N) is 1. The molecular weight excluding hydrogens is 172 g/mol. The fourth-order valence-corrected chi connectivity index (χ4v) is 1.89. The van der Waals surface area contributed by atoms with E-state index in [-0.39, 0.29) is 0 Å². The van der Waals surface area contributed by atoms with Crippen LogP contribution in [0.15, 0.2) is 0 Å². The molecule has 3 N–H and O–H groups in total. The van der Waals surface area contributed by atoms with E-state index in [0.717, 1.165) is 19.0 Å². The van der Waals surface area contributed by atoms with Gasteiger partial charge in [0.1, 0.15) is 0 Å². The monoisotopic (exact) mass is 198 g/mol. The summed E-state index contributed by atoms with van der Waals surface area (Å²) in [5.41, 5.74) is 5.74. The summed E-state index contributed by atoms with van der Waals surface area (Å²) in [6.07, 6.45) is 6.93. The summed E-state index contributed by atoms with van der Waals surface area (Å²) in [4.78, 5) is 0. The molecule has 14 heavy (non-hydrogen) atoms. The van der Waals surface area contributed by atoms with Crippen molar-refractivity contribution in [1.82, 2.24) is 5.32 Å². The second-order valence-corrected chi connectivity index (χ2v) is 4.77. The lowest BCUT2D eigenvalue weighted by Crippen LogP contribution is -2.41. The Morgan fingerprint density at radius 1 is 1.43 bits per heavy atom. The van der Waals surface area contributed by atoms with E-state index in [1.165, 1.54) is 32.1 Å². The van der Waals surface area contributed by atoms with Crippen molar-refractivity contribution < 1.29 is 0 Å². The van der Waals surface area contributed by atoms with Crippen LogP contribution in [-0.4, -0.2) is 19.1 Å². The summed E-state index contributed by atoms with van der Waals surface area (Å²) >= 11 is 0. The molecule has 84 valence electrons. The highest BCUT2D eigenvalue weighted by atomic mass is 14.9. The van der Waals surface area contributed by atoms with Crippen molar-refractivity contribution in [3.63, 3.8) is 0 Å². The van der Waals surface area contributed by atoms with Gasteiger partial charge in [-0.25, -0.2) is 0 Å². The van der Waals surface area contributed by atoms with E-state index < -0.39 is 0 Å². The van der Waals surface area contributed by atoms with Crippen LogP contribution in [-0.2, 0) is 0 Å². The summed E-state index contributed by atoms with van der Waals surface area (Å²) in [5.74, 6) is 1.78. The first kappa shape index (κ1) is 12.0. The molecule has 0 aromatic carbocycles. The molecule has 2 nitrogen and oxygen atoms in total. The number of hydrogen-bond acceptors (Lipinski definition) is 2. The van der Waals surface area contributed by atoms with Crippen molar-refractivity contribution in [2.45, 2.75) is 52.0 Å². The van der Waals surface area contributed by atoms with Crippen LogP contribution in [0, 0.1) is 11.8 Å². The van der Waals surface area contributed by atoms with Gasteiger partial charge in [-0.1, -0.05) is 33.1 Å². The molecule has 0 saturated heterocycles. The van der Waals surface area contributed by atoms with Gasteiger partial charge >= 0.3 is 0 Å². The van der Waals surface area contributed by atoms with Gasteiger partial charge in [0.2, 0.25) is 0 Å². The van der Waals surface area contributed by atoms with E-state index in [1.807, 2.05) is 0 Å². The molecule has 1 rings (SSSR count). The minimum Gasteiger partial charge on any atom is -0.329 e. The Balaban J connectivity index is 2.00.